The molecule has 0 unspecified atom stereocenters. The van der Waals surface area contributed by atoms with Crippen LogP contribution >= 0.6 is 0 Å². The van der Waals surface area contributed by atoms with Crippen LogP contribution in [0.1, 0.15) is 73.1 Å². The average molecular weight is 449 g/mol. The molecule has 0 aromatic carbocycles. The Labute approximate surface area is 190 Å². The van der Waals surface area contributed by atoms with Crippen molar-refractivity contribution < 1.29 is 18.6 Å². The van der Waals surface area contributed by atoms with E-state index in [9.17, 15) is 0 Å². The molecule has 0 N–H and O–H groups in total. The lowest BCUT2D eigenvalue weighted by atomic mass is 9.45. The minimum absolute atomic E-state index is 0.0716. The van der Waals surface area contributed by atoms with Gasteiger partial charge in [0.2, 0.25) is 6.29 Å². The summed E-state index contributed by atoms with van der Waals surface area (Å²) in [4.78, 5) is 0. The molecule has 5 heteroatoms. The van der Waals surface area contributed by atoms with E-state index < -0.39 is 8.32 Å². The molecular weight excluding hydrogens is 404 g/mol. The van der Waals surface area contributed by atoms with Gasteiger partial charge in [0.25, 0.3) is 0 Å². The Hall–Kier alpha value is -0.363. The average Bonchev–Trinajstić information content (AvgIpc) is 3.04. The third kappa shape index (κ3) is 3.31. The Bertz CT molecular complexity index is 753. The van der Waals surface area contributed by atoms with Gasteiger partial charge >= 0.3 is 0 Å². The zero-order valence-electron chi connectivity index (χ0n) is 21.0. The highest BCUT2D eigenvalue weighted by molar-refractivity contribution is 6.69. The maximum atomic E-state index is 6.95. The van der Waals surface area contributed by atoms with E-state index in [4.69, 9.17) is 18.6 Å². The predicted octanol–water partition coefficient (Wildman–Crippen LogP) is 6.27. The molecule has 2 aliphatic heterocycles. The zero-order chi connectivity index (χ0) is 22.4. The van der Waals surface area contributed by atoms with Crippen LogP contribution in [0.15, 0.2) is 12.3 Å². The van der Waals surface area contributed by atoms with Crippen molar-refractivity contribution in [2.75, 3.05) is 0 Å². The SMILES string of the molecule is CC(C)(C)O[C@H]1CC[C@H]2[C@@H]3C[C@@H](O[Si](C)(C)C)[C@@]45C=CO[C@@H](C[C@]4(C)[C@H]3CC[C@]12C)O5. The molecule has 0 amide bonds. The van der Waals surface area contributed by atoms with Crippen LogP contribution in [0.4, 0.5) is 0 Å². The molecule has 2 heterocycles. The molecule has 3 saturated carbocycles. The van der Waals surface area contributed by atoms with Gasteiger partial charge in [-0.2, -0.15) is 0 Å². The van der Waals surface area contributed by atoms with Crippen molar-refractivity contribution in [3.8, 4) is 0 Å². The Morgan fingerprint density at radius 1 is 1.00 bits per heavy atom. The number of rotatable bonds is 3. The van der Waals surface area contributed by atoms with Gasteiger partial charge in [0, 0.05) is 11.8 Å². The summed E-state index contributed by atoms with van der Waals surface area (Å²) in [5.74, 6) is 2.06. The van der Waals surface area contributed by atoms with Gasteiger partial charge in [-0.3, -0.25) is 0 Å². The minimum atomic E-state index is -1.73. The highest BCUT2D eigenvalue weighted by atomic mass is 28.4. The van der Waals surface area contributed by atoms with Crippen LogP contribution in [-0.2, 0) is 18.6 Å². The molecule has 31 heavy (non-hydrogen) atoms. The second kappa shape index (κ2) is 6.83. The number of hydrogen-bond donors (Lipinski definition) is 0. The predicted molar refractivity (Wildman–Crippen MR) is 125 cm³/mol. The van der Waals surface area contributed by atoms with Crippen molar-refractivity contribution in [3.05, 3.63) is 12.3 Å². The van der Waals surface area contributed by atoms with Gasteiger partial charge in [-0.05, 0) is 102 Å². The summed E-state index contributed by atoms with van der Waals surface area (Å²) in [6, 6.07) is 0. The molecule has 4 fully saturated rings. The fraction of sp³-hybridized carbons (Fsp3) is 0.923. The monoisotopic (exact) mass is 448 g/mol. The Morgan fingerprint density at radius 3 is 2.42 bits per heavy atom. The molecule has 2 bridgehead atoms. The molecule has 3 aliphatic carbocycles. The van der Waals surface area contributed by atoms with Crippen LogP contribution in [0.2, 0.25) is 19.6 Å². The fourth-order valence-electron chi connectivity index (χ4n) is 8.39. The van der Waals surface area contributed by atoms with Crippen LogP contribution < -0.4 is 0 Å². The summed E-state index contributed by atoms with van der Waals surface area (Å²) in [5, 5.41) is 0. The van der Waals surface area contributed by atoms with E-state index in [1.165, 1.54) is 25.7 Å². The summed E-state index contributed by atoms with van der Waals surface area (Å²) in [6.07, 6.45) is 11.6. The van der Waals surface area contributed by atoms with Crippen LogP contribution in [0.25, 0.3) is 0 Å². The van der Waals surface area contributed by atoms with Gasteiger partial charge in [0.1, 0.15) is 5.60 Å². The molecular formula is C26H44O4Si. The van der Waals surface area contributed by atoms with Crippen LogP contribution in [0, 0.1) is 28.6 Å². The standard InChI is InChI=1S/C26H44O4Si/c1-23(2,3)28-20-10-9-18-17-15-21(30-31(6,7)8)26-13-14-27-22(29-26)16-25(26,5)19(17)11-12-24(18,20)4/h13-14,17-22H,9-12,15-16H2,1-8H3/t17-,18-,19-,20-,21+,22+,24-,25+,26-/m0/s1. The quantitative estimate of drug-likeness (QED) is 0.477. The van der Waals surface area contributed by atoms with Crippen LogP contribution in [-0.4, -0.2) is 38.0 Å². The molecule has 176 valence electrons. The van der Waals surface area contributed by atoms with Gasteiger partial charge in [-0.25, -0.2) is 0 Å². The second-order valence-corrected chi connectivity index (χ2v) is 18.0. The van der Waals surface area contributed by atoms with Gasteiger partial charge in [0.15, 0.2) is 8.32 Å². The molecule has 5 aliphatic rings. The molecule has 9 atom stereocenters. The van der Waals surface area contributed by atoms with Gasteiger partial charge < -0.3 is 18.6 Å². The van der Waals surface area contributed by atoms with E-state index in [1.807, 2.05) is 6.26 Å². The second-order valence-electron chi connectivity index (χ2n) is 13.6. The lowest BCUT2D eigenvalue weighted by molar-refractivity contribution is -0.229. The highest BCUT2D eigenvalue weighted by Gasteiger charge is 2.72. The normalized spacial score (nSPS) is 51.1. The van der Waals surface area contributed by atoms with Crippen molar-refractivity contribution >= 4 is 8.32 Å². The number of ether oxygens (including phenoxy) is 3. The first-order chi connectivity index (χ1) is 14.3. The maximum absolute atomic E-state index is 6.95. The van der Waals surface area contributed by atoms with Crippen LogP contribution in [0.5, 0.6) is 0 Å². The van der Waals surface area contributed by atoms with Gasteiger partial charge in [-0.1, -0.05) is 13.8 Å². The molecule has 5 rings (SSSR count). The van der Waals surface area contributed by atoms with Crippen molar-refractivity contribution in [3.63, 3.8) is 0 Å². The molecule has 0 aromatic rings. The third-order valence-corrected chi connectivity index (χ3v) is 10.5. The molecule has 4 nitrogen and oxygen atoms in total. The fourth-order valence-corrected chi connectivity index (χ4v) is 9.51. The first-order valence-corrected chi connectivity index (χ1v) is 16.0. The first-order valence-electron chi connectivity index (χ1n) is 12.6. The Morgan fingerprint density at radius 2 is 1.74 bits per heavy atom. The topological polar surface area (TPSA) is 36.9 Å². The zero-order valence-corrected chi connectivity index (χ0v) is 22.0. The molecule has 1 saturated heterocycles. The number of hydrogen-bond acceptors (Lipinski definition) is 4. The Kier molecular flexibility index (Phi) is 4.94. The summed E-state index contributed by atoms with van der Waals surface area (Å²) >= 11 is 0. The highest BCUT2D eigenvalue weighted by Crippen LogP contribution is 2.70. The molecule has 0 radical (unpaired) electrons. The molecule has 0 aromatic heterocycles. The smallest absolute Gasteiger partial charge is 0.200 e. The molecule has 1 spiro atoms. The summed E-state index contributed by atoms with van der Waals surface area (Å²) < 4.78 is 26.2. The summed E-state index contributed by atoms with van der Waals surface area (Å²) in [6.45, 7) is 18.6. The van der Waals surface area contributed by atoms with Crippen molar-refractivity contribution in [2.24, 2.45) is 28.6 Å². The summed E-state index contributed by atoms with van der Waals surface area (Å²) in [7, 11) is -1.73. The van der Waals surface area contributed by atoms with Crippen molar-refractivity contribution in [1.82, 2.24) is 0 Å². The van der Waals surface area contributed by atoms with Crippen molar-refractivity contribution in [2.45, 2.75) is 122 Å². The maximum Gasteiger partial charge on any atom is 0.200 e. The van der Waals surface area contributed by atoms with E-state index in [1.54, 1.807) is 0 Å². The van der Waals surface area contributed by atoms with E-state index in [0.29, 0.717) is 23.9 Å². The van der Waals surface area contributed by atoms with Gasteiger partial charge in [-0.15, -0.1) is 0 Å². The van der Waals surface area contributed by atoms with Gasteiger partial charge in [0.05, 0.1) is 24.1 Å². The van der Waals surface area contributed by atoms with E-state index >= 15 is 0 Å². The van der Waals surface area contributed by atoms with E-state index in [-0.39, 0.29) is 34.4 Å². The Balaban J connectivity index is 1.51. The van der Waals surface area contributed by atoms with Crippen LogP contribution in [0.3, 0.4) is 0 Å². The van der Waals surface area contributed by atoms with E-state index in [0.717, 1.165) is 12.8 Å². The largest absolute Gasteiger partial charge is 0.473 e. The lowest BCUT2D eigenvalue weighted by Gasteiger charge is -2.62. The summed E-state index contributed by atoms with van der Waals surface area (Å²) in [5.41, 5.74) is -0.0584. The third-order valence-electron chi connectivity index (χ3n) is 9.48. The van der Waals surface area contributed by atoms with Crippen molar-refractivity contribution in [1.29, 1.82) is 0 Å². The minimum Gasteiger partial charge on any atom is -0.473 e. The first kappa shape index (κ1) is 22.4. The number of fused-ring (bicyclic) bond motifs is 5. The van der Waals surface area contributed by atoms with E-state index in [2.05, 4.69) is 60.3 Å². The lowest BCUT2D eigenvalue weighted by Crippen LogP contribution is -2.65.